The molecule has 0 fully saturated rings. The molecule has 0 aliphatic rings. The average molecular weight is 190 g/mol. The van der Waals surface area contributed by atoms with Crippen molar-refractivity contribution in [3.8, 4) is 0 Å². The second kappa shape index (κ2) is 8.51. The van der Waals surface area contributed by atoms with Gasteiger partial charge in [-0.25, -0.2) is 4.79 Å². The van der Waals surface area contributed by atoms with Gasteiger partial charge in [-0.05, 0) is 18.4 Å². The van der Waals surface area contributed by atoms with Crippen LogP contribution in [0, 0.1) is 0 Å². The van der Waals surface area contributed by atoms with Crippen molar-refractivity contribution in [3.63, 3.8) is 0 Å². The Kier molecular flexibility index (Phi) is 11.9. The molecule has 0 aromatic carbocycles. The fraction of sp³-hybridized carbons (Fsp3) is 0.800. The van der Waals surface area contributed by atoms with Crippen LogP contribution in [0.5, 0.6) is 0 Å². The van der Waals surface area contributed by atoms with Crippen LogP contribution < -0.4 is 51.4 Å². The van der Waals surface area contributed by atoms with Crippen molar-refractivity contribution in [1.29, 1.82) is 0 Å². The van der Waals surface area contributed by atoms with E-state index < -0.39 is 12.1 Å². The van der Waals surface area contributed by atoms with Crippen LogP contribution in [0.25, 0.3) is 0 Å². The molecule has 0 amide bonds. The van der Waals surface area contributed by atoms with Gasteiger partial charge in [0.15, 0.2) is 6.10 Å². The van der Waals surface area contributed by atoms with Crippen molar-refractivity contribution in [1.82, 2.24) is 0 Å². The minimum atomic E-state index is -1.18. The minimum Gasteiger partial charge on any atom is -1.00 e. The Labute approximate surface area is 108 Å². The Morgan fingerprint density at radius 2 is 2.30 bits per heavy atom. The van der Waals surface area contributed by atoms with Crippen LogP contribution in [0.1, 0.15) is 7.85 Å². The van der Waals surface area contributed by atoms with Gasteiger partial charge < -0.3 is 11.6 Å². The maximum Gasteiger partial charge on any atom is 1.00 e. The minimum absolute atomic E-state index is 0. The van der Waals surface area contributed by atoms with Crippen molar-refractivity contribution in [3.05, 3.63) is 0 Å². The van der Waals surface area contributed by atoms with Gasteiger partial charge in [0, 0.05) is 0 Å². The largest absolute Gasteiger partial charge is 1.00 e. The van der Waals surface area contributed by atoms with Crippen molar-refractivity contribution in [2.45, 2.75) is 12.5 Å². The molecule has 1 unspecified atom stereocenters. The third kappa shape index (κ3) is 7.52. The van der Waals surface area contributed by atoms with E-state index in [4.69, 9.17) is 10.2 Å². The van der Waals surface area contributed by atoms with Gasteiger partial charge in [-0.15, -0.1) is 0 Å². The standard InChI is InChI=1S/C5H10O3S.K.H/c1-9-3-2-4(6)5(7)8;;/h4,6H,2-3H2,1H3,(H,7,8);;/q;+1;-1. The molecule has 0 heterocycles. The van der Waals surface area contributed by atoms with Crippen molar-refractivity contribution in [2.24, 2.45) is 0 Å². The van der Waals surface area contributed by atoms with Crippen LogP contribution in [0.2, 0.25) is 0 Å². The first kappa shape index (κ1) is 14.0. The van der Waals surface area contributed by atoms with Crippen LogP contribution in [0.4, 0.5) is 0 Å². The van der Waals surface area contributed by atoms with E-state index in [1.54, 1.807) is 0 Å². The summed E-state index contributed by atoms with van der Waals surface area (Å²) in [6.07, 6.45) is 1.02. The number of aliphatic carboxylic acids is 1. The maximum atomic E-state index is 9.95. The third-order valence-corrected chi connectivity index (χ3v) is 1.52. The molecule has 0 spiro atoms. The monoisotopic (exact) mass is 190 g/mol. The quantitative estimate of drug-likeness (QED) is 0.474. The number of hydrogen-bond acceptors (Lipinski definition) is 3. The Morgan fingerprint density at radius 3 is 2.60 bits per heavy atom. The molecule has 0 aromatic heterocycles. The molecule has 0 radical (unpaired) electrons. The summed E-state index contributed by atoms with van der Waals surface area (Å²) in [5.41, 5.74) is 0. The van der Waals surface area contributed by atoms with Gasteiger partial charge in [0.25, 0.3) is 0 Å². The molecular formula is C5H11KO3S. The van der Waals surface area contributed by atoms with E-state index >= 15 is 0 Å². The number of thioether (sulfide) groups is 1. The molecule has 1 atom stereocenters. The molecule has 5 heteroatoms. The van der Waals surface area contributed by atoms with Crippen LogP contribution in [-0.2, 0) is 4.79 Å². The Morgan fingerprint density at radius 1 is 1.80 bits per heavy atom. The normalized spacial score (nSPS) is 11.8. The fourth-order valence-electron chi connectivity index (χ4n) is 0.353. The Hall–Kier alpha value is 1.42. The van der Waals surface area contributed by atoms with Gasteiger partial charge in [0.2, 0.25) is 0 Å². The summed E-state index contributed by atoms with van der Waals surface area (Å²) in [6.45, 7) is 0. The molecule has 0 saturated carbocycles. The molecule has 0 aromatic rings. The molecule has 0 bridgehead atoms. The number of carbonyl (C=O) groups is 1. The average Bonchev–Trinajstić information content (AvgIpc) is 1.82. The van der Waals surface area contributed by atoms with Gasteiger partial charge in [-0.3, -0.25) is 0 Å². The van der Waals surface area contributed by atoms with Crippen LogP contribution in [0.15, 0.2) is 0 Å². The second-order valence-corrected chi connectivity index (χ2v) is 2.62. The molecule has 0 aliphatic carbocycles. The summed E-state index contributed by atoms with van der Waals surface area (Å²) in [5, 5.41) is 16.8. The predicted molar refractivity (Wildman–Crippen MR) is 37.8 cm³/mol. The maximum absolute atomic E-state index is 9.95. The van der Waals surface area contributed by atoms with Gasteiger partial charge in [0.1, 0.15) is 0 Å². The van der Waals surface area contributed by atoms with Crippen molar-refractivity contribution in [2.75, 3.05) is 12.0 Å². The van der Waals surface area contributed by atoms with Gasteiger partial charge in [0.05, 0.1) is 0 Å². The van der Waals surface area contributed by atoms with Gasteiger partial charge >= 0.3 is 57.4 Å². The van der Waals surface area contributed by atoms with E-state index in [1.807, 2.05) is 6.26 Å². The second-order valence-electron chi connectivity index (χ2n) is 1.64. The first-order chi connectivity index (χ1) is 4.18. The first-order valence-corrected chi connectivity index (χ1v) is 3.97. The zero-order valence-corrected chi connectivity index (χ0v) is 10.1. The van der Waals surface area contributed by atoms with E-state index in [9.17, 15) is 4.79 Å². The zero-order chi connectivity index (χ0) is 7.28. The smallest absolute Gasteiger partial charge is 1.00 e. The number of aliphatic hydroxyl groups is 1. The first-order valence-electron chi connectivity index (χ1n) is 2.58. The molecule has 10 heavy (non-hydrogen) atoms. The summed E-state index contributed by atoms with van der Waals surface area (Å²) in [6, 6.07) is 0. The van der Waals surface area contributed by atoms with Crippen molar-refractivity contribution >= 4 is 17.7 Å². The van der Waals surface area contributed by atoms with E-state index in [0.29, 0.717) is 12.2 Å². The Balaban J connectivity index is -0.000000320. The fourth-order valence-corrected chi connectivity index (χ4v) is 0.812. The van der Waals surface area contributed by atoms with E-state index in [2.05, 4.69) is 0 Å². The summed E-state index contributed by atoms with van der Waals surface area (Å²) in [7, 11) is 0. The summed E-state index contributed by atoms with van der Waals surface area (Å²) >= 11 is 1.52. The van der Waals surface area contributed by atoms with Gasteiger partial charge in [-0.2, -0.15) is 11.8 Å². The SMILES string of the molecule is CSCCC(O)C(=O)O.[H-].[K+]. The van der Waals surface area contributed by atoms with E-state index in [1.165, 1.54) is 11.8 Å². The molecule has 2 N–H and O–H groups in total. The third-order valence-electron chi connectivity index (χ3n) is 0.880. The summed E-state index contributed by atoms with van der Waals surface area (Å²) < 4.78 is 0. The number of rotatable bonds is 4. The molecule has 0 saturated heterocycles. The summed E-state index contributed by atoms with van der Waals surface area (Å²) in [5.74, 6) is -0.447. The molecule has 0 rings (SSSR count). The number of carboxylic acids is 1. The number of carboxylic acid groups (broad SMARTS) is 1. The van der Waals surface area contributed by atoms with Crippen LogP contribution in [0.3, 0.4) is 0 Å². The van der Waals surface area contributed by atoms with E-state index in [-0.39, 0.29) is 52.8 Å². The van der Waals surface area contributed by atoms with Crippen LogP contribution in [-0.4, -0.2) is 34.3 Å². The predicted octanol–water partition coefficient (Wildman–Crippen LogP) is -2.70. The van der Waals surface area contributed by atoms with Gasteiger partial charge in [-0.1, -0.05) is 0 Å². The van der Waals surface area contributed by atoms with Crippen molar-refractivity contribution < 1.29 is 67.8 Å². The molecule has 0 aliphatic heterocycles. The zero-order valence-electron chi connectivity index (χ0n) is 7.20. The van der Waals surface area contributed by atoms with E-state index in [0.717, 1.165) is 0 Å². The number of hydrogen-bond donors (Lipinski definition) is 2. The topological polar surface area (TPSA) is 57.5 Å². The Bertz CT molecular complexity index is 104. The number of aliphatic hydroxyl groups excluding tert-OH is 1. The molecule has 56 valence electrons. The molecule has 3 nitrogen and oxygen atoms in total. The van der Waals surface area contributed by atoms with Crippen LogP contribution >= 0.6 is 11.8 Å². The molecular weight excluding hydrogens is 179 g/mol. The summed E-state index contributed by atoms with van der Waals surface area (Å²) in [4.78, 5) is 9.95.